The molecule has 0 aromatic carbocycles. The molecule has 9 heteroatoms. The molecule has 0 aliphatic carbocycles. The zero-order valence-corrected chi connectivity index (χ0v) is 17.6. The molecule has 0 saturated carbocycles. The summed E-state index contributed by atoms with van der Waals surface area (Å²) in [5, 5.41) is 8.11. The zero-order chi connectivity index (χ0) is 21.9. The van der Waals surface area contributed by atoms with Crippen molar-refractivity contribution in [2.24, 2.45) is 0 Å². The van der Waals surface area contributed by atoms with E-state index in [1.165, 1.54) is 51.0 Å². The fourth-order valence-electron chi connectivity index (χ4n) is 2.35. The molecule has 0 amide bonds. The van der Waals surface area contributed by atoms with E-state index in [-0.39, 0.29) is 43.1 Å². The number of nitrogens with zero attached hydrogens (tertiary/aromatic N) is 4. The summed E-state index contributed by atoms with van der Waals surface area (Å²) in [5.74, 6) is -1.75. The molecule has 0 aliphatic rings. The number of carbonyl (C=O) groups excluding carboxylic acids is 4. The van der Waals surface area contributed by atoms with Crippen molar-refractivity contribution in [1.29, 1.82) is 0 Å². The van der Waals surface area contributed by atoms with Gasteiger partial charge in [0, 0.05) is 47.1 Å². The summed E-state index contributed by atoms with van der Waals surface area (Å²) in [7, 11) is 0. The molecule has 0 saturated heterocycles. The normalized spacial score (nSPS) is 11.2. The van der Waals surface area contributed by atoms with E-state index in [1.807, 2.05) is 0 Å². The monoisotopic (exact) mass is 411 g/mol. The number of pyridine rings is 2. The van der Waals surface area contributed by atoms with Gasteiger partial charge in [0.25, 0.3) is 0 Å². The molecule has 8 nitrogen and oxygen atoms in total. The van der Waals surface area contributed by atoms with Crippen LogP contribution in [0.3, 0.4) is 0 Å². The average Bonchev–Trinajstić information content (AvgIpc) is 2.75. The summed E-state index contributed by atoms with van der Waals surface area (Å²) >= 11 is 0. The summed E-state index contributed by atoms with van der Waals surface area (Å²) in [6.07, 6.45) is 8.24. The molecule has 0 bridgehead atoms. The molecular formula is C22H20LiN4O4-. The summed E-state index contributed by atoms with van der Waals surface area (Å²) < 4.78 is 0. The maximum Gasteiger partial charge on any atom is 1.00 e. The molecule has 154 valence electrons. The molecular weight excluding hydrogens is 391 g/mol. The second-order valence-electron chi connectivity index (χ2n) is 6.15. The quantitative estimate of drug-likeness (QED) is 0.130. The first-order valence-corrected chi connectivity index (χ1v) is 9.06. The van der Waals surface area contributed by atoms with E-state index >= 15 is 0 Å². The van der Waals surface area contributed by atoms with Crippen LogP contribution in [-0.2, 0) is 9.59 Å². The Bertz CT molecular complexity index is 908. The van der Waals surface area contributed by atoms with Gasteiger partial charge in [-0.2, -0.15) is 12.4 Å². The maximum absolute atomic E-state index is 12.4. The maximum atomic E-state index is 12.4. The van der Waals surface area contributed by atoms with Crippen LogP contribution >= 0.6 is 0 Å². The van der Waals surface area contributed by atoms with E-state index in [2.05, 4.69) is 20.6 Å². The van der Waals surface area contributed by atoms with Gasteiger partial charge in [-0.3, -0.25) is 29.1 Å². The standard InChI is InChI=1S/C22H22N4O4.Li/c1-15(27)19(21(29)17-5-3-7-23-11-17)13-25-9-10-26-14-20(16(2)28)22(30)18-6-4-8-24-12-18;/h3-8,11-14H,9-10H2,1-2H3,(H2,25,26,27,28,29,30);/q;+1/p-2. The van der Waals surface area contributed by atoms with Crippen molar-refractivity contribution in [3.8, 4) is 0 Å². The van der Waals surface area contributed by atoms with Crippen molar-refractivity contribution in [3.05, 3.63) is 94.4 Å². The molecule has 0 fully saturated rings. The Labute approximate surface area is 192 Å². The van der Waals surface area contributed by atoms with Crippen LogP contribution in [0.15, 0.2) is 72.6 Å². The van der Waals surface area contributed by atoms with E-state index in [0.29, 0.717) is 11.1 Å². The van der Waals surface area contributed by atoms with Crippen LogP contribution in [0.25, 0.3) is 10.6 Å². The van der Waals surface area contributed by atoms with E-state index in [0.717, 1.165) is 0 Å². The van der Waals surface area contributed by atoms with Gasteiger partial charge >= 0.3 is 18.9 Å². The molecule has 0 atom stereocenters. The fourth-order valence-corrected chi connectivity index (χ4v) is 2.35. The average molecular weight is 411 g/mol. The van der Waals surface area contributed by atoms with E-state index < -0.39 is 23.1 Å². The van der Waals surface area contributed by atoms with Gasteiger partial charge in [0.15, 0.2) is 23.1 Å². The SMILES string of the molecule is CC(=O)/C(=C/[N-]CC[N-]/C=C(/C(C)=O)C(=O)c1cccnc1)C(=O)c1cccnc1.[Li+]. The first kappa shape index (κ1) is 25.7. The largest absolute Gasteiger partial charge is 1.00 e. The Hall–Kier alpha value is -3.34. The predicted octanol–water partition coefficient (Wildman–Crippen LogP) is 0.239. The number of ketones is 4. The van der Waals surface area contributed by atoms with Crippen LogP contribution in [-0.4, -0.2) is 46.2 Å². The van der Waals surface area contributed by atoms with Crippen LogP contribution in [0.4, 0.5) is 0 Å². The van der Waals surface area contributed by atoms with Crippen LogP contribution in [0, 0.1) is 0 Å². The first-order valence-electron chi connectivity index (χ1n) is 9.06. The zero-order valence-electron chi connectivity index (χ0n) is 17.6. The molecule has 31 heavy (non-hydrogen) atoms. The van der Waals surface area contributed by atoms with Crippen LogP contribution < -0.4 is 18.9 Å². The molecule has 0 N–H and O–H groups in total. The molecule has 0 aliphatic heterocycles. The smallest absolute Gasteiger partial charge is 0.691 e. The number of aromatic nitrogens is 2. The molecule has 2 heterocycles. The van der Waals surface area contributed by atoms with Gasteiger partial charge in [-0.05, 0) is 38.1 Å². The van der Waals surface area contributed by atoms with Crippen molar-refractivity contribution in [2.75, 3.05) is 13.1 Å². The Morgan fingerprint density at radius 1 is 0.774 bits per heavy atom. The molecule has 2 aromatic rings. The minimum Gasteiger partial charge on any atom is -0.691 e. The Morgan fingerprint density at radius 3 is 1.45 bits per heavy atom. The van der Waals surface area contributed by atoms with Gasteiger partial charge in [-0.25, -0.2) is 0 Å². The number of hydrogen-bond donors (Lipinski definition) is 0. The summed E-state index contributed by atoms with van der Waals surface area (Å²) in [5.41, 5.74) is 0.466. The fraction of sp³-hybridized carbons (Fsp3) is 0.182. The molecule has 0 radical (unpaired) electrons. The topological polar surface area (TPSA) is 122 Å². The third-order valence-corrected chi connectivity index (χ3v) is 3.89. The van der Waals surface area contributed by atoms with Gasteiger partial charge in [-0.15, -0.1) is 13.1 Å². The van der Waals surface area contributed by atoms with E-state index in [4.69, 9.17) is 0 Å². The van der Waals surface area contributed by atoms with Crippen molar-refractivity contribution in [2.45, 2.75) is 13.8 Å². The third-order valence-electron chi connectivity index (χ3n) is 3.89. The molecule has 2 aromatic heterocycles. The third kappa shape index (κ3) is 7.77. The van der Waals surface area contributed by atoms with E-state index in [9.17, 15) is 19.2 Å². The minimum absolute atomic E-state index is 0. The molecule has 2 rings (SSSR count). The number of rotatable bonds is 11. The number of hydrogen-bond acceptors (Lipinski definition) is 6. The van der Waals surface area contributed by atoms with Gasteiger partial charge in [0.2, 0.25) is 0 Å². The predicted molar refractivity (Wildman–Crippen MR) is 111 cm³/mol. The number of allylic oxidation sites excluding steroid dienone is 2. The Balaban J connectivity index is 0.00000480. The van der Waals surface area contributed by atoms with Crippen molar-refractivity contribution < 1.29 is 38.0 Å². The first-order chi connectivity index (χ1) is 14.4. The van der Waals surface area contributed by atoms with Gasteiger partial charge in [-0.1, -0.05) is 0 Å². The van der Waals surface area contributed by atoms with Gasteiger partial charge in [0.05, 0.1) is 0 Å². The van der Waals surface area contributed by atoms with Crippen molar-refractivity contribution in [3.63, 3.8) is 0 Å². The van der Waals surface area contributed by atoms with Crippen LogP contribution in [0.5, 0.6) is 0 Å². The summed E-state index contributed by atoms with van der Waals surface area (Å²) in [4.78, 5) is 56.0. The van der Waals surface area contributed by atoms with Crippen LogP contribution in [0.2, 0.25) is 0 Å². The second-order valence-corrected chi connectivity index (χ2v) is 6.15. The summed E-state index contributed by atoms with van der Waals surface area (Å²) in [6.45, 7) is 2.90. The minimum atomic E-state index is -0.461. The molecule has 0 spiro atoms. The van der Waals surface area contributed by atoms with Crippen LogP contribution in [0.1, 0.15) is 34.6 Å². The number of Topliss-reactive ketones (excluding diaryl/α,β-unsaturated/α-hetero) is 4. The Morgan fingerprint density at radius 2 is 1.16 bits per heavy atom. The summed E-state index contributed by atoms with van der Waals surface area (Å²) in [6, 6.07) is 6.34. The van der Waals surface area contributed by atoms with Gasteiger partial charge in [0.1, 0.15) is 0 Å². The van der Waals surface area contributed by atoms with Crippen molar-refractivity contribution in [1.82, 2.24) is 9.97 Å². The second kappa shape index (κ2) is 13.1. The van der Waals surface area contributed by atoms with Crippen molar-refractivity contribution >= 4 is 23.1 Å². The number of carbonyl (C=O) groups is 4. The Kier molecular flexibility index (Phi) is 10.8. The van der Waals surface area contributed by atoms with E-state index in [1.54, 1.807) is 24.3 Å². The molecule has 0 unspecified atom stereocenters. The van der Waals surface area contributed by atoms with Gasteiger partial charge < -0.3 is 10.6 Å².